The summed E-state index contributed by atoms with van der Waals surface area (Å²) in [5.74, 6) is 0. The summed E-state index contributed by atoms with van der Waals surface area (Å²) in [4.78, 5) is 0. The maximum atomic E-state index is 3.84. The summed E-state index contributed by atoms with van der Waals surface area (Å²) < 4.78 is 0. The number of rotatable bonds is 1. The summed E-state index contributed by atoms with van der Waals surface area (Å²) in [6.07, 6.45) is 9.58. The van der Waals surface area contributed by atoms with Gasteiger partial charge < -0.3 is 0 Å². The van der Waals surface area contributed by atoms with Crippen LogP contribution in [0, 0.1) is 6.42 Å². The van der Waals surface area contributed by atoms with E-state index in [9.17, 15) is 0 Å². The summed E-state index contributed by atoms with van der Waals surface area (Å²) in [5.41, 5.74) is 2.39. The van der Waals surface area contributed by atoms with Crippen LogP contribution < -0.4 is 0 Å². The summed E-state index contributed by atoms with van der Waals surface area (Å²) in [7, 11) is 0. The molecule has 0 aromatic rings. The summed E-state index contributed by atoms with van der Waals surface area (Å²) in [6, 6.07) is 0. The highest BCUT2D eigenvalue weighted by Crippen LogP contribution is 2.14. The third kappa shape index (κ3) is 1.56. The Hall–Kier alpha value is -0.780. The zero-order valence-electron chi connectivity index (χ0n) is 5.72. The van der Waals surface area contributed by atoms with E-state index < -0.39 is 0 Å². The highest BCUT2D eigenvalue weighted by molar-refractivity contribution is 5.40. The fourth-order valence-electron chi connectivity index (χ4n) is 0.809. The van der Waals surface area contributed by atoms with E-state index in [0.717, 1.165) is 12.0 Å². The van der Waals surface area contributed by atoms with E-state index >= 15 is 0 Å². The fourth-order valence-corrected chi connectivity index (χ4v) is 0.809. The molecular formula is C9H11. The maximum Gasteiger partial charge on any atom is -0.0123 e. The van der Waals surface area contributed by atoms with E-state index in [2.05, 4.69) is 31.2 Å². The molecule has 0 aromatic heterocycles. The zero-order valence-corrected chi connectivity index (χ0v) is 5.72. The lowest BCUT2D eigenvalue weighted by atomic mass is 10.0. The topological polar surface area (TPSA) is 0 Å². The molecule has 1 radical (unpaired) electrons. The Balaban J connectivity index is 2.69. The lowest BCUT2D eigenvalue weighted by Gasteiger charge is -2.03. The van der Waals surface area contributed by atoms with Gasteiger partial charge in [0.1, 0.15) is 0 Å². The van der Waals surface area contributed by atoms with Crippen LogP contribution in [0.1, 0.15) is 13.3 Å². The second-order valence-corrected chi connectivity index (χ2v) is 2.28. The van der Waals surface area contributed by atoms with Gasteiger partial charge in [0.05, 0.1) is 0 Å². The summed E-state index contributed by atoms with van der Waals surface area (Å²) in [6.45, 7) is 5.86. The standard InChI is InChI=1S/C9H11/c1-8(2)9-6-4-3-5-7-9/h4-7H,1,3H2,2H3. The predicted molar refractivity (Wildman–Crippen MR) is 41.0 cm³/mol. The Morgan fingerprint density at radius 1 is 1.67 bits per heavy atom. The van der Waals surface area contributed by atoms with Crippen LogP contribution in [0.4, 0.5) is 0 Å². The maximum absolute atomic E-state index is 3.84. The van der Waals surface area contributed by atoms with Crippen molar-refractivity contribution in [2.45, 2.75) is 13.3 Å². The second-order valence-electron chi connectivity index (χ2n) is 2.28. The quantitative estimate of drug-likeness (QED) is 0.497. The molecule has 0 amide bonds. The monoisotopic (exact) mass is 119 g/mol. The van der Waals surface area contributed by atoms with Gasteiger partial charge in [-0.25, -0.2) is 0 Å². The van der Waals surface area contributed by atoms with Gasteiger partial charge in [0.2, 0.25) is 0 Å². The number of hydrogen-bond donors (Lipinski definition) is 0. The zero-order chi connectivity index (χ0) is 6.69. The molecule has 0 aliphatic heterocycles. The molecule has 0 fully saturated rings. The van der Waals surface area contributed by atoms with Crippen LogP contribution in [0.15, 0.2) is 36.0 Å². The van der Waals surface area contributed by atoms with Gasteiger partial charge in [-0.15, -0.1) is 0 Å². The van der Waals surface area contributed by atoms with E-state index in [4.69, 9.17) is 0 Å². The molecule has 0 aromatic carbocycles. The van der Waals surface area contributed by atoms with E-state index in [1.165, 1.54) is 5.57 Å². The van der Waals surface area contributed by atoms with Crippen LogP contribution in [-0.4, -0.2) is 0 Å². The highest BCUT2D eigenvalue weighted by atomic mass is 14.0. The van der Waals surface area contributed by atoms with Crippen LogP contribution >= 0.6 is 0 Å². The van der Waals surface area contributed by atoms with Gasteiger partial charge in [-0.1, -0.05) is 30.4 Å². The van der Waals surface area contributed by atoms with E-state index in [0.29, 0.717) is 0 Å². The molecule has 0 bridgehead atoms. The fraction of sp³-hybridized carbons (Fsp3) is 0.222. The molecule has 0 saturated carbocycles. The van der Waals surface area contributed by atoms with Crippen LogP contribution in [0.5, 0.6) is 0 Å². The van der Waals surface area contributed by atoms with Crippen molar-refractivity contribution in [2.24, 2.45) is 0 Å². The minimum atomic E-state index is 1.07. The Morgan fingerprint density at radius 2 is 2.44 bits per heavy atom. The minimum absolute atomic E-state index is 1.07. The first-order chi connectivity index (χ1) is 4.30. The highest BCUT2D eigenvalue weighted by Gasteiger charge is 1.95. The SMILES string of the molecule is C=C(C)C1=C[CH]CC=C1. The normalized spacial score (nSPS) is 17.2. The van der Waals surface area contributed by atoms with Crippen molar-refractivity contribution in [1.82, 2.24) is 0 Å². The van der Waals surface area contributed by atoms with Crippen LogP contribution in [-0.2, 0) is 0 Å². The Kier molecular flexibility index (Phi) is 1.88. The smallest absolute Gasteiger partial charge is 0.0123 e. The van der Waals surface area contributed by atoms with Crippen molar-refractivity contribution < 1.29 is 0 Å². The lowest BCUT2D eigenvalue weighted by molar-refractivity contribution is 1.23. The Morgan fingerprint density at radius 3 is 2.78 bits per heavy atom. The molecule has 47 valence electrons. The van der Waals surface area contributed by atoms with Gasteiger partial charge in [-0.3, -0.25) is 0 Å². The number of allylic oxidation sites excluding steroid dienone is 5. The third-order valence-electron chi connectivity index (χ3n) is 1.36. The average molecular weight is 119 g/mol. The molecule has 0 N–H and O–H groups in total. The molecule has 0 nitrogen and oxygen atoms in total. The van der Waals surface area contributed by atoms with Crippen molar-refractivity contribution in [3.63, 3.8) is 0 Å². The van der Waals surface area contributed by atoms with Crippen LogP contribution in [0.3, 0.4) is 0 Å². The minimum Gasteiger partial charge on any atom is -0.0955 e. The Labute approximate surface area is 56.6 Å². The largest absolute Gasteiger partial charge is 0.0955 e. The van der Waals surface area contributed by atoms with Crippen LogP contribution in [0.2, 0.25) is 0 Å². The molecule has 0 saturated heterocycles. The predicted octanol–water partition coefficient (Wildman–Crippen LogP) is 2.65. The molecule has 0 atom stereocenters. The molecule has 9 heavy (non-hydrogen) atoms. The van der Waals surface area contributed by atoms with Crippen molar-refractivity contribution in [3.8, 4) is 0 Å². The summed E-state index contributed by atoms with van der Waals surface area (Å²) in [5, 5.41) is 0. The van der Waals surface area contributed by atoms with Gasteiger partial charge in [0, 0.05) is 0 Å². The molecule has 0 heteroatoms. The lowest BCUT2D eigenvalue weighted by Crippen LogP contribution is -1.84. The van der Waals surface area contributed by atoms with E-state index in [1.54, 1.807) is 0 Å². The van der Waals surface area contributed by atoms with E-state index in [-0.39, 0.29) is 0 Å². The van der Waals surface area contributed by atoms with Gasteiger partial charge in [-0.05, 0) is 25.3 Å². The third-order valence-corrected chi connectivity index (χ3v) is 1.36. The van der Waals surface area contributed by atoms with Crippen molar-refractivity contribution in [3.05, 3.63) is 42.4 Å². The first-order valence-electron chi connectivity index (χ1n) is 3.16. The van der Waals surface area contributed by atoms with Gasteiger partial charge >= 0.3 is 0 Å². The Bertz CT molecular complexity index is 170. The molecule has 0 unspecified atom stereocenters. The molecule has 0 heterocycles. The molecule has 0 spiro atoms. The number of hydrogen-bond acceptors (Lipinski definition) is 0. The molecule has 1 rings (SSSR count). The first kappa shape index (κ1) is 6.34. The molecule has 1 aliphatic rings. The molecule has 1 aliphatic carbocycles. The molecular weight excluding hydrogens is 108 g/mol. The van der Waals surface area contributed by atoms with Gasteiger partial charge in [-0.2, -0.15) is 0 Å². The van der Waals surface area contributed by atoms with Crippen molar-refractivity contribution in [2.75, 3.05) is 0 Å². The average Bonchev–Trinajstić information content (AvgIpc) is 1.90. The van der Waals surface area contributed by atoms with E-state index in [1.807, 2.05) is 6.92 Å². The van der Waals surface area contributed by atoms with Crippen LogP contribution in [0.25, 0.3) is 0 Å². The van der Waals surface area contributed by atoms with Gasteiger partial charge in [0.25, 0.3) is 0 Å². The second kappa shape index (κ2) is 2.67. The van der Waals surface area contributed by atoms with Crippen molar-refractivity contribution >= 4 is 0 Å². The first-order valence-corrected chi connectivity index (χ1v) is 3.16. The van der Waals surface area contributed by atoms with Crippen molar-refractivity contribution in [1.29, 1.82) is 0 Å². The van der Waals surface area contributed by atoms with Gasteiger partial charge in [0.15, 0.2) is 0 Å². The summed E-state index contributed by atoms with van der Waals surface area (Å²) >= 11 is 0.